The van der Waals surface area contributed by atoms with Crippen molar-refractivity contribution >= 4 is 0 Å². The summed E-state index contributed by atoms with van der Waals surface area (Å²) < 4.78 is 16.4. The Hall–Kier alpha value is -0.160. The zero-order valence-electron chi connectivity index (χ0n) is 9.74. The molecule has 0 aliphatic carbocycles. The summed E-state index contributed by atoms with van der Waals surface area (Å²) in [5, 5.41) is 0. The maximum Gasteiger partial charge on any atom is 0.0564 e. The predicted octanol–water partition coefficient (Wildman–Crippen LogP) is 0.405. The van der Waals surface area contributed by atoms with E-state index >= 15 is 0 Å². The lowest BCUT2D eigenvalue weighted by atomic mass is 9.53. The van der Waals surface area contributed by atoms with E-state index in [4.69, 9.17) is 19.9 Å². The fourth-order valence-electron chi connectivity index (χ4n) is 3.50. The summed E-state index contributed by atoms with van der Waals surface area (Å²) in [6, 6.07) is 0. The lowest BCUT2D eigenvalue weighted by molar-refractivity contribution is -0.291. The van der Waals surface area contributed by atoms with Gasteiger partial charge in [0.05, 0.1) is 26.4 Å². The molecule has 0 aromatic heterocycles. The Bertz CT molecular complexity index is 249. The van der Waals surface area contributed by atoms with Gasteiger partial charge in [-0.2, -0.15) is 0 Å². The number of hydrogen-bond donors (Lipinski definition) is 1. The number of rotatable bonds is 3. The average Bonchev–Trinajstić information content (AvgIpc) is 2.22. The Morgan fingerprint density at radius 2 is 1.56 bits per heavy atom. The molecule has 3 saturated heterocycles. The van der Waals surface area contributed by atoms with Crippen molar-refractivity contribution in [2.24, 2.45) is 22.5 Å². The second kappa shape index (κ2) is 3.95. The fraction of sp³-hybridized carbons (Fsp3) is 1.00. The largest absolute Gasteiger partial charge is 0.381 e. The summed E-state index contributed by atoms with van der Waals surface area (Å²) in [6.45, 7) is 5.92. The van der Waals surface area contributed by atoms with Gasteiger partial charge in [0.2, 0.25) is 0 Å². The highest BCUT2D eigenvalue weighted by atomic mass is 16.5. The lowest BCUT2D eigenvalue weighted by Gasteiger charge is -2.62. The molecule has 0 aromatic carbocycles. The molecule has 3 heterocycles. The van der Waals surface area contributed by atoms with Gasteiger partial charge < -0.3 is 19.9 Å². The summed E-state index contributed by atoms with van der Waals surface area (Å²) in [5.74, 6) is 0.711. The van der Waals surface area contributed by atoms with Gasteiger partial charge >= 0.3 is 0 Å². The SMILES string of the molecule is NCC1(C2(C3CCOCC3)COC2)COC1. The molecule has 0 unspecified atom stereocenters. The molecule has 0 atom stereocenters. The first kappa shape index (κ1) is 11.0. The lowest BCUT2D eigenvalue weighted by Crippen LogP contribution is -2.69. The first-order chi connectivity index (χ1) is 7.83. The van der Waals surface area contributed by atoms with E-state index in [2.05, 4.69) is 0 Å². The van der Waals surface area contributed by atoms with Crippen LogP contribution in [-0.2, 0) is 14.2 Å². The van der Waals surface area contributed by atoms with E-state index in [0.717, 1.165) is 59.0 Å². The Morgan fingerprint density at radius 1 is 0.938 bits per heavy atom. The highest BCUT2D eigenvalue weighted by Crippen LogP contribution is 2.56. The molecule has 0 bridgehead atoms. The monoisotopic (exact) mass is 227 g/mol. The maximum absolute atomic E-state index is 6.00. The second-order valence-electron chi connectivity index (χ2n) is 5.51. The van der Waals surface area contributed by atoms with Crippen LogP contribution in [0.1, 0.15) is 12.8 Å². The van der Waals surface area contributed by atoms with E-state index in [-0.39, 0.29) is 10.8 Å². The third-order valence-corrected chi connectivity index (χ3v) is 4.93. The molecule has 3 fully saturated rings. The van der Waals surface area contributed by atoms with E-state index in [1.165, 1.54) is 0 Å². The molecule has 0 amide bonds. The quantitative estimate of drug-likeness (QED) is 0.758. The van der Waals surface area contributed by atoms with Crippen molar-refractivity contribution in [1.29, 1.82) is 0 Å². The van der Waals surface area contributed by atoms with Gasteiger partial charge in [0.15, 0.2) is 0 Å². The molecule has 3 rings (SSSR count). The molecule has 0 saturated carbocycles. The van der Waals surface area contributed by atoms with Gasteiger partial charge in [-0.25, -0.2) is 0 Å². The second-order valence-corrected chi connectivity index (χ2v) is 5.51. The van der Waals surface area contributed by atoms with Crippen LogP contribution in [0.2, 0.25) is 0 Å². The van der Waals surface area contributed by atoms with Crippen LogP contribution in [0.15, 0.2) is 0 Å². The van der Waals surface area contributed by atoms with Crippen molar-refractivity contribution in [2.75, 3.05) is 46.2 Å². The van der Waals surface area contributed by atoms with Crippen molar-refractivity contribution in [1.82, 2.24) is 0 Å². The predicted molar refractivity (Wildman–Crippen MR) is 59.1 cm³/mol. The van der Waals surface area contributed by atoms with E-state index in [9.17, 15) is 0 Å². The Kier molecular flexibility index (Phi) is 2.70. The van der Waals surface area contributed by atoms with Crippen LogP contribution in [0.4, 0.5) is 0 Å². The summed E-state index contributed by atoms with van der Waals surface area (Å²) in [6.07, 6.45) is 2.32. The molecular formula is C12H21NO3. The minimum atomic E-state index is 0.188. The van der Waals surface area contributed by atoms with Gasteiger partial charge in [0.1, 0.15) is 0 Å². The minimum absolute atomic E-state index is 0.188. The zero-order chi connectivity index (χ0) is 11.1. The van der Waals surface area contributed by atoms with Crippen LogP contribution in [0.5, 0.6) is 0 Å². The maximum atomic E-state index is 6.00. The van der Waals surface area contributed by atoms with Crippen LogP contribution < -0.4 is 5.73 Å². The Balaban J connectivity index is 1.81. The van der Waals surface area contributed by atoms with Crippen molar-refractivity contribution in [2.45, 2.75) is 12.8 Å². The van der Waals surface area contributed by atoms with Crippen molar-refractivity contribution in [3.63, 3.8) is 0 Å². The molecule has 0 spiro atoms. The topological polar surface area (TPSA) is 53.7 Å². The standard InChI is InChI=1S/C12H21NO3/c13-5-11(6-15-7-11)12(8-16-9-12)10-1-3-14-4-2-10/h10H,1-9,13H2. The molecule has 2 N–H and O–H groups in total. The molecule has 16 heavy (non-hydrogen) atoms. The van der Waals surface area contributed by atoms with Gasteiger partial charge in [-0.3, -0.25) is 0 Å². The molecule has 4 heteroatoms. The third-order valence-electron chi connectivity index (χ3n) is 4.93. The van der Waals surface area contributed by atoms with Crippen LogP contribution in [0.3, 0.4) is 0 Å². The van der Waals surface area contributed by atoms with Gasteiger partial charge in [-0.15, -0.1) is 0 Å². The summed E-state index contributed by atoms with van der Waals surface area (Å²) in [5.41, 5.74) is 6.47. The first-order valence-electron chi connectivity index (χ1n) is 6.26. The van der Waals surface area contributed by atoms with E-state index in [1.54, 1.807) is 0 Å². The molecule has 0 aromatic rings. The summed E-state index contributed by atoms with van der Waals surface area (Å²) in [7, 11) is 0. The van der Waals surface area contributed by atoms with E-state index < -0.39 is 0 Å². The summed E-state index contributed by atoms with van der Waals surface area (Å²) in [4.78, 5) is 0. The molecule has 0 radical (unpaired) electrons. The van der Waals surface area contributed by atoms with Gasteiger partial charge in [0.25, 0.3) is 0 Å². The molecule has 3 aliphatic heterocycles. The third kappa shape index (κ3) is 1.30. The number of nitrogens with two attached hydrogens (primary N) is 1. The highest BCUT2D eigenvalue weighted by molar-refractivity contribution is 5.09. The number of hydrogen-bond acceptors (Lipinski definition) is 4. The Labute approximate surface area is 96.4 Å². The first-order valence-corrected chi connectivity index (χ1v) is 6.26. The van der Waals surface area contributed by atoms with Gasteiger partial charge in [0, 0.05) is 30.6 Å². The van der Waals surface area contributed by atoms with Gasteiger partial charge in [-0.05, 0) is 18.8 Å². The van der Waals surface area contributed by atoms with Crippen LogP contribution in [0.25, 0.3) is 0 Å². The van der Waals surface area contributed by atoms with Crippen molar-refractivity contribution in [3.8, 4) is 0 Å². The molecule has 92 valence electrons. The van der Waals surface area contributed by atoms with Crippen LogP contribution in [0, 0.1) is 16.7 Å². The van der Waals surface area contributed by atoms with Crippen LogP contribution >= 0.6 is 0 Å². The molecule has 3 aliphatic rings. The molecular weight excluding hydrogens is 206 g/mol. The van der Waals surface area contributed by atoms with E-state index in [0.29, 0.717) is 5.92 Å². The van der Waals surface area contributed by atoms with Crippen molar-refractivity contribution in [3.05, 3.63) is 0 Å². The normalized spacial score (nSPS) is 32.8. The highest BCUT2D eigenvalue weighted by Gasteiger charge is 2.62. The smallest absolute Gasteiger partial charge is 0.0564 e. The van der Waals surface area contributed by atoms with E-state index in [1.807, 2.05) is 0 Å². The Morgan fingerprint density at radius 3 is 1.94 bits per heavy atom. The van der Waals surface area contributed by atoms with Crippen LogP contribution in [-0.4, -0.2) is 46.2 Å². The van der Waals surface area contributed by atoms with Gasteiger partial charge in [-0.1, -0.05) is 0 Å². The minimum Gasteiger partial charge on any atom is -0.381 e. The number of ether oxygens (including phenoxy) is 3. The van der Waals surface area contributed by atoms with Crippen molar-refractivity contribution < 1.29 is 14.2 Å². The zero-order valence-corrected chi connectivity index (χ0v) is 9.74. The fourth-order valence-corrected chi connectivity index (χ4v) is 3.50. The average molecular weight is 227 g/mol. The summed E-state index contributed by atoms with van der Waals surface area (Å²) >= 11 is 0. The molecule has 4 nitrogen and oxygen atoms in total.